The predicted octanol–water partition coefficient (Wildman–Crippen LogP) is 3.95. The molecule has 1 aliphatic carbocycles. The monoisotopic (exact) mass is 364 g/mol. The molecule has 7 heteroatoms. The van der Waals surface area contributed by atoms with Crippen molar-refractivity contribution in [3.63, 3.8) is 0 Å². The van der Waals surface area contributed by atoms with Crippen LogP contribution in [-0.4, -0.2) is 21.6 Å². The average Bonchev–Trinajstić information content (AvgIpc) is 3.17. The fourth-order valence-corrected chi connectivity index (χ4v) is 3.01. The number of benzene rings is 1. The van der Waals surface area contributed by atoms with Crippen LogP contribution in [0.25, 0.3) is 0 Å². The van der Waals surface area contributed by atoms with Crippen LogP contribution < -0.4 is 10.6 Å². The summed E-state index contributed by atoms with van der Waals surface area (Å²) in [4.78, 5) is 24.5. The first-order valence-electron chi connectivity index (χ1n) is 8.91. The second-order valence-corrected chi connectivity index (χ2v) is 6.70. The molecule has 0 aliphatic heterocycles. The Morgan fingerprint density at radius 2 is 1.89 bits per heavy atom. The quantitative estimate of drug-likeness (QED) is 0.693. The first-order valence-corrected chi connectivity index (χ1v) is 8.91. The van der Waals surface area contributed by atoms with Crippen LogP contribution in [0.3, 0.4) is 0 Å². The van der Waals surface area contributed by atoms with Gasteiger partial charge in [-0.1, -0.05) is 0 Å². The van der Waals surface area contributed by atoms with Crippen molar-refractivity contribution in [2.24, 2.45) is 5.92 Å². The number of nitrogens with zero attached hydrogens (tertiary/aromatic N) is 2. The zero-order valence-corrected chi connectivity index (χ0v) is 14.9. The Hall–Kier alpha value is -3.35. The van der Waals surface area contributed by atoms with Crippen molar-refractivity contribution in [3.05, 3.63) is 66.2 Å². The molecule has 2 heterocycles. The summed E-state index contributed by atoms with van der Waals surface area (Å²) in [6.07, 6.45) is 5.55. The molecular formula is C20H20N4O3. The van der Waals surface area contributed by atoms with Gasteiger partial charge in [0.15, 0.2) is 5.76 Å². The molecule has 3 aromatic rings. The van der Waals surface area contributed by atoms with E-state index in [-0.39, 0.29) is 23.6 Å². The van der Waals surface area contributed by atoms with Crippen molar-refractivity contribution in [3.8, 4) is 0 Å². The minimum atomic E-state index is -0.338. The van der Waals surface area contributed by atoms with E-state index >= 15 is 0 Å². The van der Waals surface area contributed by atoms with Gasteiger partial charge in [-0.25, -0.2) is 4.68 Å². The third-order valence-electron chi connectivity index (χ3n) is 4.75. The lowest BCUT2D eigenvalue weighted by atomic mass is 10.2. The Morgan fingerprint density at radius 1 is 1.11 bits per heavy atom. The van der Waals surface area contributed by atoms with Crippen LogP contribution in [0.5, 0.6) is 0 Å². The van der Waals surface area contributed by atoms with E-state index in [1.165, 1.54) is 19.1 Å². The average molecular weight is 364 g/mol. The molecular weight excluding hydrogens is 344 g/mol. The van der Waals surface area contributed by atoms with E-state index in [2.05, 4.69) is 22.7 Å². The normalized spacial score (nSPS) is 14.6. The van der Waals surface area contributed by atoms with E-state index in [1.54, 1.807) is 48.7 Å². The summed E-state index contributed by atoms with van der Waals surface area (Å²) in [5.41, 5.74) is 1.08. The standard InChI is InChI=1S/C20H20N4O3/c1-13(14-4-5-14)24-18(10-11-21-24)23-19(25)15-6-8-16(9-7-15)22-20(26)17-3-2-12-27-17/h2-3,6-14H,4-5H2,1H3,(H,22,26)(H,23,25). The van der Waals surface area contributed by atoms with Gasteiger partial charge in [-0.15, -0.1) is 0 Å². The minimum Gasteiger partial charge on any atom is -0.459 e. The van der Waals surface area contributed by atoms with Gasteiger partial charge in [0.2, 0.25) is 0 Å². The number of anilines is 2. The van der Waals surface area contributed by atoms with Crippen molar-refractivity contribution in [2.45, 2.75) is 25.8 Å². The molecule has 0 spiro atoms. The van der Waals surface area contributed by atoms with E-state index < -0.39 is 0 Å². The Labute approximate surface area is 156 Å². The Balaban J connectivity index is 1.41. The van der Waals surface area contributed by atoms with E-state index in [4.69, 9.17) is 4.42 Å². The summed E-state index contributed by atoms with van der Waals surface area (Å²) in [6.45, 7) is 2.12. The lowest BCUT2D eigenvalue weighted by Gasteiger charge is -2.15. The molecule has 1 saturated carbocycles. The topological polar surface area (TPSA) is 89.2 Å². The first kappa shape index (κ1) is 17.1. The van der Waals surface area contributed by atoms with E-state index in [0.29, 0.717) is 23.0 Å². The lowest BCUT2D eigenvalue weighted by Crippen LogP contribution is -2.18. The smallest absolute Gasteiger partial charge is 0.291 e. The first-order chi connectivity index (χ1) is 13.1. The zero-order valence-electron chi connectivity index (χ0n) is 14.9. The van der Waals surface area contributed by atoms with Crippen molar-refractivity contribution >= 4 is 23.3 Å². The molecule has 1 aliphatic rings. The van der Waals surface area contributed by atoms with Gasteiger partial charge in [0.25, 0.3) is 11.8 Å². The third-order valence-corrected chi connectivity index (χ3v) is 4.75. The molecule has 27 heavy (non-hydrogen) atoms. The summed E-state index contributed by atoms with van der Waals surface area (Å²) in [6, 6.07) is 12.0. The second-order valence-electron chi connectivity index (χ2n) is 6.70. The van der Waals surface area contributed by atoms with E-state index in [9.17, 15) is 9.59 Å². The Bertz CT molecular complexity index is 940. The van der Waals surface area contributed by atoms with E-state index in [0.717, 1.165) is 0 Å². The Morgan fingerprint density at radius 3 is 2.56 bits per heavy atom. The van der Waals surface area contributed by atoms with Crippen LogP contribution in [0.1, 0.15) is 46.7 Å². The number of hydrogen-bond acceptors (Lipinski definition) is 4. The summed E-state index contributed by atoms with van der Waals surface area (Å²) in [5, 5.41) is 9.97. The van der Waals surface area contributed by atoms with Gasteiger partial charge in [-0.3, -0.25) is 9.59 Å². The van der Waals surface area contributed by atoms with Crippen LogP contribution in [-0.2, 0) is 0 Å². The van der Waals surface area contributed by atoms with Crippen molar-refractivity contribution in [1.82, 2.24) is 9.78 Å². The van der Waals surface area contributed by atoms with Crippen molar-refractivity contribution < 1.29 is 14.0 Å². The summed E-state index contributed by atoms with van der Waals surface area (Å²) >= 11 is 0. The van der Waals surface area contributed by atoms with Gasteiger partial charge in [0.05, 0.1) is 18.5 Å². The number of aromatic nitrogens is 2. The molecule has 0 bridgehead atoms. The molecule has 4 rings (SSSR count). The fourth-order valence-electron chi connectivity index (χ4n) is 3.01. The molecule has 1 atom stereocenters. The minimum absolute atomic E-state index is 0.219. The molecule has 0 saturated heterocycles. The Kier molecular flexibility index (Phi) is 4.50. The lowest BCUT2D eigenvalue weighted by molar-refractivity contribution is 0.0995. The van der Waals surface area contributed by atoms with Crippen LogP contribution in [0, 0.1) is 5.92 Å². The predicted molar refractivity (Wildman–Crippen MR) is 101 cm³/mol. The molecule has 138 valence electrons. The highest BCUT2D eigenvalue weighted by atomic mass is 16.3. The van der Waals surface area contributed by atoms with Crippen LogP contribution in [0.15, 0.2) is 59.3 Å². The molecule has 2 amide bonds. The third kappa shape index (κ3) is 3.76. The maximum atomic E-state index is 12.5. The number of carbonyl (C=O) groups excluding carboxylic acids is 2. The highest BCUT2D eigenvalue weighted by Crippen LogP contribution is 2.40. The fraction of sp³-hybridized carbons (Fsp3) is 0.250. The van der Waals surface area contributed by atoms with Crippen LogP contribution in [0.2, 0.25) is 0 Å². The highest BCUT2D eigenvalue weighted by Gasteiger charge is 2.30. The van der Waals surface area contributed by atoms with Crippen molar-refractivity contribution in [1.29, 1.82) is 0 Å². The molecule has 7 nitrogen and oxygen atoms in total. The second kappa shape index (κ2) is 7.11. The summed E-state index contributed by atoms with van der Waals surface area (Å²) in [5.74, 6) is 1.00. The number of amides is 2. The molecule has 2 N–H and O–H groups in total. The molecule has 0 radical (unpaired) electrons. The maximum Gasteiger partial charge on any atom is 0.291 e. The van der Waals surface area contributed by atoms with Gasteiger partial charge in [0.1, 0.15) is 5.82 Å². The largest absolute Gasteiger partial charge is 0.459 e. The summed E-state index contributed by atoms with van der Waals surface area (Å²) in [7, 11) is 0. The van der Waals surface area contributed by atoms with Crippen LogP contribution >= 0.6 is 0 Å². The summed E-state index contributed by atoms with van der Waals surface area (Å²) < 4.78 is 6.92. The van der Waals surface area contributed by atoms with Gasteiger partial charge in [-0.2, -0.15) is 5.10 Å². The van der Waals surface area contributed by atoms with Gasteiger partial charge in [0, 0.05) is 17.3 Å². The zero-order chi connectivity index (χ0) is 18.8. The molecule has 1 fully saturated rings. The number of furan rings is 1. The number of rotatable bonds is 6. The number of hydrogen-bond donors (Lipinski definition) is 2. The van der Waals surface area contributed by atoms with Crippen molar-refractivity contribution in [2.75, 3.05) is 10.6 Å². The van der Waals surface area contributed by atoms with Gasteiger partial charge >= 0.3 is 0 Å². The maximum absolute atomic E-state index is 12.5. The SMILES string of the molecule is CC(C1CC1)n1nccc1NC(=O)c1ccc(NC(=O)c2ccco2)cc1. The molecule has 1 aromatic carbocycles. The number of nitrogens with one attached hydrogen (secondary N) is 2. The van der Waals surface area contributed by atoms with Gasteiger partial charge < -0.3 is 15.1 Å². The molecule has 1 unspecified atom stereocenters. The highest BCUT2D eigenvalue weighted by molar-refractivity contribution is 6.05. The van der Waals surface area contributed by atoms with Gasteiger partial charge in [-0.05, 0) is 62.1 Å². The van der Waals surface area contributed by atoms with Crippen LogP contribution in [0.4, 0.5) is 11.5 Å². The van der Waals surface area contributed by atoms with E-state index in [1.807, 2.05) is 4.68 Å². The molecule has 2 aromatic heterocycles. The number of carbonyl (C=O) groups is 2.